The van der Waals surface area contributed by atoms with E-state index in [2.05, 4.69) is 4.74 Å². The quantitative estimate of drug-likeness (QED) is 0.587. The minimum absolute atomic E-state index is 0.0676. The van der Waals surface area contributed by atoms with Crippen LogP contribution < -0.4 is 17.2 Å². The highest BCUT2D eigenvalue weighted by molar-refractivity contribution is 5.89. The molecule has 0 aliphatic rings. The number of nitriles is 1. The summed E-state index contributed by atoms with van der Waals surface area (Å²) in [6.45, 7) is 0.511. The van der Waals surface area contributed by atoms with Crippen molar-refractivity contribution in [2.24, 2.45) is 17.2 Å². The van der Waals surface area contributed by atoms with E-state index in [4.69, 9.17) is 27.6 Å². The van der Waals surface area contributed by atoms with E-state index in [1.165, 1.54) is 7.11 Å². The maximum Gasteiger partial charge on any atom is 0.337 e. The standard InChI is InChI=1S/C10H10N2O2.C9H14N2O/c1-14-10(13)8-4-2-7(3-5-8)9(12)6-11;10-5-9(11)8-3-1-7(6-12)2-4-8/h2-5,9H,12H2,1H3;1-4,9,12H,5-6,10-11H2. The summed E-state index contributed by atoms with van der Waals surface area (Å²) in [6.07, 6.45) is 0. The number of nitrogens with two attached hydrogens (primary N) is 3. The van der Waals surface area contributed by atoms with Gasteiger partial charge in [0.1, 0.15) is 6.04 Å². The molecule has 2 aromatic rings. The van der Waals surface area contributed by atoms with Crippen LogP contribution in [0.1, 0.15) is 39.1 Å². The van der Waals surface area contributed by atoms with Gasteiger partial charge in [0.2, 0.25) is 0 Å². The molecule has 26 heavy (non-hydrogen) atoms. The normalized spacial score (nSPS) is 12.2. The Labute approximate surface area is 153 Å². The van der Waals surface area contributed by atoms with E-state index in [0.717, 1.165) is 11.1 Å². The summed E-state index contributed by atoms with van der Waals surface area (Å²) in [5.41, 5.74) is 19.6. The number of esters is 1. The van der Waals surface area contributed by atoms with Crippen molar-refractivity contribution in [1.82, 2.24) is 0 Å². The van der Waals surface area contributed by atoms with Crippen molar-refractivity contribution in [2.75, 3.05) is 13.7 Å². The van der Waals surface area contributed by atoms with Gasteiger partial charge in [0.25, 0.3) is 0 Å². The van der Waals surface area contributed by atoms with Crippen molar-refractivity contribution >= 4 is 5.97 Å². The first-order valence-corrected chi connectivity index (χ1v) is 7.95. The monoisotopic (exact) mass is 356 g/mol. The number of methoxy groups -OCH3 is 1. The van der Waals surface area contributed by atoms with Gasteiger partial charge in [-0.1, -0.05) is 36.4 Å². The number of nitrogens with zero attached hydrogens (tertiary/aromatic N) is 1. The number of aliphatic hydroxyl groups excluding tert-OH is 1. The van der Waals surface area contributed by atoms with Gasteiger partial charge in [-0.25, -0.2) is 4.79 Å². The minimum Gasteiger partial charge on any atom is -0.465 e. The van der Waals surface area contributed by atoms with Crippen LogP contribution in [0.25, 0.3) is 0 Å². The van der Waals surface area contributed by atoms with Crippen molar-refractivity contribution < 1.29 is 14.6 Å². The van der Waals surface area contributed by atoms with Gasteiger partial charge in [-0.05, 0) is 28.8 Å². The summed E-state index contributed by atoms with van der Waals surface area (Å²) in [5, 5.41) is 17.3. The highest BCUT2D eigenvalue weighted by Crippen LogP contribution is 2.11. The van der Waals surface area contributed by atoms with E-state index in [1.807, 2.05) is 30.3 Å². The summed E-state index contributed by atoms with van der Waals surface area (Å²) in [7, 11) is 1.32. The van der Waals surface area contributed by atoms with Gasteiger partial charge >= 0.3 is 5.97 Å². The van der Waals surface area contributed by atoms with Crippen molar-refractivity contribution in [3.05, 3.63) is 70.8 Å². The van der Waals surface area contributed by atoms with Crippen LogP contribution in [0.4, 0.5) is 0 Å². The van der Waals surface area contributed by atoms with Crippen molar-refractivity contribution in [2.45, 2.75) is 18.7 Å². The largest absolute Gasteiger partial charge is 0.465 e. The Hall–Kier alpha value is -2.76. The Balaban J connectivity index is 0.000000263. The Kier molecular flexibility index (Phi) is 8.98. The van der Waals surface area contributed by atoms with Gasteiger partial charge in [-0.2, -0.15) is 5.26 Å². The van der Waals surface area contributed by atoms with Gasteiger partial charge in [0, 0.05) is 12.6 Å². The fourth-order valence-electron chi connectivity index (χ4n) is 2.03. The molecule has 0 bridgehead atoms. The molecule has 0 spiro atoms. The van der Waals surface area contributed by atoms with E-state index < -0.39 is 12.0 Å². The number of rotatable bonds is 5. The molecular formula is C19H24N4O3. The summed E-state index contributed by atoms with van der Waals surface area (Å²) in [6, 6.07) is 15.1. The second-order valence-corrected chi connectivity index (χ2v) is 5.46. The molecule has 7 nitrogen and oxygen atoms in total. The van der Waals surface area contributed by atoms with Crippen LogP contribution in [0.2, 0.25) is 0 Å². The van der Waals surface area contributed by atoms with E-state index in [-0.39, 0.29) is 12.6 Å². The fourth-order valence-corrected chi connectivity index (χ4v) is 2.03. The molecule has 2 atom stereocenters. The Morgan fingerprint density at radius 1 is 1.12 bits per heavy atom. The zero-order valence-corrected chi connectivity index (χ0v) is 14.6. The number of carbonyl (C=O) groups is 1. The lowest BCUT2D eigenvalue weighted by molar-refractivity contribution is 0.0600. The topological polar surface area (TPSA) is 148 Å². The lowest BCUT2D eigenvalue weighted by Gasteiger charge is -2.08. The number of ether oxygens (including phenoxy) is 1. The van der Waals surface area contributed by atoms with Crippen LogP contribution in [0.15, 0.2) is 48.5 Å². The molecule has 7 N–H and O–H groups in total. The second-order valence-electron chi connectivity index (χ2n) is 5.46. The molecular weight excluding hydrogens is 332 g/mol. The lowest BCUT2D eigenvalue weighted by atomic mass is 10.1. The van der Waals surface area contributed by atoms with Crippen molar-refractivity contribution in [1.29, 1.82) is 5.26 Å². The average Bonchev–Trinajstić information content (AvgIpc) is 2.72. The molecule has 0 radical (unpaired) electrons. The Morgan fingerprint density at radius 3 is 2.08 bits per heavy atom. The summed E-state index contributed by atoms with van der Waals surface area (Å²) in [4.78, 5) is 11.0. The number of hydrogen-bond donors (Lipinski definition) is 4. The SMILES string of the molecule is COC(=O)c1ccc(C(N)C#N)cc1.NCC(N)c1ccc(CO)cc1. The average molecular weight is 356 g/mol. The summed E-state index contributed by atoms with van der Waals surface area (Å²) >= 11 is 0. The van der Waals surface area contributed by atoms with Crippen LogP contribution in [-0.4, -0.2) is 24.7 Å². The third-order valence-electron chi connectivity index (χ3n) is 3.67. The molecule has 2 unspecified atom stereocenters. The van der Waals surface area contributed by atoms with Gasteiger partial charge < -0.3 is 27.0 Å². The van der Waals surface area contributed by atoms with Gasteiger partial charge in [0.15, 0.2) is 0 Å². The third-order valence-corrected chi connectivity index (χ3v) is 3.67. The zero-order valence-electron chi connectivity index (χ0n) is 14.6. The van der Waals surface area contributed by atoms with Crippen molar-refractivity contribution in [3.8, 4) is 6.07 Å². The zero-order chi connectivity index (χ0) is 19.5. The number of hydrogen-bond acceptors (Lipinski definition) is 7. The van der Waals surface area contributed by atoms with Crippen LogP contribution in [0.3, 0.4) is 0 Å². The molecule has 0 fully saturated rings. The molecule has 0 saturated carbocycles. The first-order chi connectivity index (χ1) is 12.5. The number of carbonyl (C=O) groups excluding carboxylic acids is 1. The molecule has 0 aliphatic carbocycles. The second kappa shape index (κ2) is 11.0. The maximum absolute atomic E-state index is 11.0. The Bertz CT molecular complexity index is 724. The summed E-state index contributed by atoms with van der Waals surface area (Å²) in [5.74, 6) is -0.401. The number of benzene rings is 2. The van der Waals surface area contributed by atoms with E-state index in [1.54, 1.807) is 24.3 Å². The first kappa shape index (κ1) is 21.3. The van der Waals surface area contributed by atoms with Gasteiger partial charge in [0.05, 0.1) is 25.3 Å². The predicted octanol–water partition coefficient (Wildman–Crippen LogP) is 1.13. The molecule has 0 aromatic heterocycles. The van der Waals surface area contributed by atoms with Gasteiger partial charge in [-0.3, -0.25) is 0 Å². The van der Waals surface area contributed by atoms with Crippen LogP contribution >= 0.6 is 0 Å². The van der Waals surface area contributed by atoms with Crippen LogP contribution in [0, 0.1) is 11.3 Å². The lowest BCUT2D eigenvalue weighted by Crippen LogP contribution is -2.20. The molecule has 138 valence electrons. The predicted molar refractivity (Wildman–Crippen MR) is 98.7 cm³/mol. The summed E-state index contributed by atoms with van der Waals surface area (Å²) < 4.78 is 4.53. The fraction of sp³-hybridized carbons (Fsp3) is 0.263. The molecule has 0 aliphatic heterocycles. The molecule has 7 heteroatoms. The van der Waals surface area contributed by atoms with Crippen LogP contribution in [0.5, 0.6) is 0 Å². The smallest absolute Gasteiger partial charge is 0.337 e. The van der Waals surface area contributed by atoms with Crippen molar-refractivity contribution in [3.63, 3.8) is 0 Å². The molecule has 0 amide bonds. The highest BCUT2D eigenvalue weighted by Gasteiger charge is 2.07. The maximum atomic E-state index is 11.0. The number of aliphatic hydroxyl groups is 1. The van der Waals surface area contributed by atoms with Gasteiger partial charge in [-0.15, -0.1) is 0 Å². The highest BCUT2D eigenvalue weighted by atomic mass is 16.5. The first-order valence-electron chi connectivity index (χ1n) is 7.95. The van der Waals surface area contributed by atoms with E-state index >= 15 is 0 Å². The third kappa shape index (κ3) is 6.27. The molecule has 2 aromatic carbocycles. The molecule has 0 saturated heterocycles. The Morgan fingerprint density at radius 2 is 1.65 bits per heavy atom. The van der Waals surface area contributed by atoms with Crippen LogP contribution in [-0.2, 0) is 11.3 Å². The minimum atomic E-state index is -0.651. The van der Waals surface area contributed by atoms with E-state index in [9.17, 15) is 4.79 Å². The molecule has 0 heterocycles. The van der Waals surface area contributed by atoms with E-state index in [0.29, 0.717) is 17.7 Å². The molecule has 2 rings (SSSR count).